The number of allylic oxidation sites excluding steroid dienone is 1. The highest BCUT2D eigenvalue weighted by Gasteiger charge is 2.10. The second-order valence-electron chi connectivity index (χ2n) is 4.06. The van der Waals surface area contributed by atoms with E-state index in [1.807, 2.05) is 17.6 Å². The van der Waals surface area contributed by atoms with Gasteiger partial charge < -0.3 is 10.1 Å². The minimum absolute atomic E-state index is 0.357. The van der Waals surface area contributed by atoms with E-state index in [0.717, 1.165) is 32.4 Å². The highest BCUT2D eigenvalue weighted by molar-refractivity contribution is 7.11. The number of rotatable bonds is 5. The van der Waals surface area contributed by atoms with Crippen LogP contribution in [0.3, 0.4) is 0 Å². The number of thiophene rings is 1. The van der Waals surface area contributed by atoms with Crippen LogP contribution < -0.4 is 5.32 Å². The second kappa shape index (κ2) is 6.06. The van der Waals surface area contributed by atoms with E-state index in [1.54, 1.807) is 0 Å². The smallest absolute Gasteiger partial charge is 0.110 e. The van der Waals surface area contributed by atoms with E-state index in [1.165, 1.54) is 9.75 Å². The fourth-order valence-electron chi connectivity index (χ4n) is 1.80. The topological polar surface area (TPSA) is 21.3 Å². The quantitative estimate of drug-likeness (QED) is 0.849. The van der Waals surface area contributed by atoms with Crippen molar-refractivity contribution in [3.63, 3.8) is 0 Å². The van der Waals surface area contributed by atoms with Crippen molar-refractivity contribution in [2.24, 2.45) is 0 Å². The molecule has 1 aliphatic heterocycles. The largest absolute Gasteiger partial charge is 0.497 e. The molecule has 1 atom stereocenters. The maximum atomic E-state index is 5.50. The van der Waals surface area contributed by atoms with Crippen LogP contribution >= 0.6 is 11.3 Å². The zero-order valence-corrected chi connectivity index (χ0v) is 10.6. The van der Waals surface area contributed by atoms with Crippen LogP contribution in [0, 0.1) is 0 Å². The summed E-state index contributed by atoms with van der Waals surface area (Å²) in [5, 5.41) is 3.46. The molecular weight excluding hydrogens is 218 g/mol. The van der Waals surface area contributed by atoms with E-state index in [-0.39, 0.29) is 0 Å². The molecule has 0 saturated carbocycles. The SMILES string of the molecule is CCc1ccc(CNCC2CCC=CO2)s1. The molecule has 0 aromatic carbocycles. The number of hydrogen-bond donors (Lipinski definition) is 1. The van der Waals surface area contributed by atoms with Crippen LogP contribution in [-0.2, 0) is 17.7 Å². The summed E-state index contributed by atoms with van der Waals surface area (Å²) in [4.78, 5) is 2.89. The monoisotopic (exact) mass is 237 g/mol. The van der Waals surface area contributed by atoms with Gasteiger partial charge in [-0.2, -0.15) is 0 Å². The van der Waals surface area contributed by atoms with Crippen LogP contribution in [0.25, 0.3) is 0 Å². The second-order valence-corrected chi connectivity index (χ2v) is 5.31. The summed E-state index contributed by atoms with van der Waals surface area (Å²) in [5.74, 6) is 0. The molecule has 0 saturated heterocycles. The lowest BCUT2D eigenvalue weighted by molar-refractivity contribution is 0.122. The molecule has 0 bridgehead atoms. The standard InChI is InChI=1S/C13H19NOS/c1-2-12-6-7-13(16-12)10-14-9-11-5-3-4-8-15-11/h4,6-8,11,14H,2-3,5,9-10H2,1H3. The van der Waals surface area contributed by atoms with Gasteiger partial charge in [-0.15, -0.1) is 11.3 Å². The molecule has 3 heteroatoms. The first kappa shape index (κ1) is 11.7. The Morgan fingerprint density at radius 1 is 1.44 bits per heavy atom. The number of hydrogen-bond acceptors (Lipinski definition) is 3. The zero-order valence-electron chi connectivity index (χ0n) is 9.74. The molecule has 2 rings (SSSR count). The van der Waals surface area contributed by atoms with Gasteiger partial charge in [-0.25, -0.2) is 0 Å². The Hall–Kier alpha value is -0.800. The van der Waals surface area contributed by atoms with Crippen LogP contribution in [0.15, 0.2) is 24.5 Å². The van der Waals surface area contributed by atoms with E-state index < -0.39 is 0 Å². The third-order valence-corrected chi connectivity index (χ3v) is 3.99. The Bertz CT molecular complexity index is 345. The number of nitrogens with one attached hydrogen (secondary N) is 1. The molecule has 1 aliphatic rings. The van der Waals surface area contributed by atoms with E-state index in [9.17, 15) is 0 Å². The van der Waals surface area contributed by atoms with Crippen molar-refractivity contribution in [3.05, 3.63) is 34.2 Å². The average Bonchev–Trinajstić information content (AvgIpc) is 2.78. The summed E-state index contributed by atoms with van der Waals surface area (Å²) in [6, 6.07) is 4.44. The minimum Gasteiger partial charge on any atom is -0.497 e. The fourth-order valence-corrected chi connectivity index (χ4v) is 2.73. The van der Waals surface area contributed by atoms with Crippen molar-refractivity contribution >= 4 is 11.3 Å². The Balaban J connectivity index is 1.69. The summed E-state index contributed by atoms with van der Waals surface area (Å²) in [7, 11) is 0. The maximum Gasteiger partial charge on any atom is 0.110 e. The Morgan fingerprint density at radius 2 is 2.31 bits per heavy atom. The van der Waals surface area contributed by atoms with Crippen LogP contribution in [0.5, 0.6) is 0 Å². The summed E-state index contributed by atoms with van der Waals surface area (Å²) in [6.07, 6.45) is 7.69. The molecule has 16 heavy (non-hydrogen) atoms. The van der Waals surface area contributed by atoms with Crippen LogP contribution in [-0.4, -0.2) is 12.6 Å². The molecule has 0 amide bonds. The third kappa shape index (κ3) is 3.35. The zero-order chi connectivity index (χ0) is 11.2. The molecule has 2 heterocycles. The lowest BCUT2D eigenvalue weighted by atomic mass is 10.1. The van der Waals surface area contributed by atoms with Crippen molar-refractivity contribution < 1.29 is 4.74 Å². The molecule has 1 N–H and O–H groups in total. The van der Waals surface area contributed by atoms with Gasteiger partial charge >= 0.3 is 0 Å². The lowest BCUT2D eigenvalue weighted by Gasteiger charge is -2.19. The molecule has 0 spiro atoms. The molecule has 0 radical (unpaired) electrons. The van der Waals surface area contributed by atoms with Gasteiger partial charge in [0.15, 0.2) is 0 Å². The Kier molecular flexibility index (Phi) is 4.43. The first-order valence-electron chi connectivity index (χ1n) is 5.97. The Labute approximate surface area is 101 Å². The summed E-state index contributed by atoms with van der Waals surface area (Å²) >= 11 is 1.90. The Morgan fingerprint density at radius 3 is 3.00 bits per heavy atom. The maximum absolute atomic E-state index is 5.50. The highest BCUT2D eigenvalue weighted by Crippen LogP contribution is 2.16. The number of aryl methyl sites for hydroxylation is 1. The normalized spacial score (nSPS) is 19.7. The molecule has 88 valence electrons. The van der Waals surface area contributed by atoms with Crippen molar-refractivity contribution in [2.45, 2.75) is 38.8 Å². The van der Waals surface area contributed by atoms with Gasteiger partial charge in [0.2, 0.25) is 0 Å². The lowest BCUT2D eigenvalue weighted by Crippen LogP contribution is -2.28. The molecule has 0 aliphatic carbocycles. The van der Waals surface area contributed by atoms with Crippen molar-refractivity contribution in [1.82, 2.24) is 5.32 Å². The summed E-state index contributed by atoms with van der Waals surface area (Å²) < 4.78 is 5.50. The van der Waals surface area contributed by atoms with Crippen LogP contribution in [0.2, 0.25) is 0 Å². The van der Waals surface area contributed by atoms with Gasteiger partial charge in [0, 0.05) is 22.8 Å². The highest BCUT2D eigenvalue weighted by atomic mass is 32.1. The van der Waals surface area contributed by atoms with E-state index in [4.69, 9.17) is 4.74 Å². The molecular formula is C13H19NOS. The molecule has 1 unspecified atom stereocenters. The van der Waals surface area contributed by atoms with Gasteiger partial charge in [-0.3, -0.25) is 0 Å². The van der Waals surface area contributed by atoms with Gasteiger partial charge in [0.05, 0.1) is 6.26 Å². The molecule has 1 aromatic rings. The third-order valence-electron chi connectivity index (χ3n) is 2.76. The summed E-state index contributed by atoms with van der Waals surface area (Å²) in [5.41, 5.74) is 0. The van der Waals surface area contributed by atoms with Gasteiger partial charge in [0.25, 0.3) is 0 Å². The van der Waals surface area contributed by atoms with Gasteiger partial charge in [-0.1, -0.05) is 6.92 Å². The first-order chi connectivity index (χ1) is 7.88. The van der Waals surface area contributed by atoms with E-state index in [2.05, 4.69) is 30.4 Å². The predicted octanol–water partition coefficient (Wildman–Crippen LogP) is 3.09. The van der Waals surface area contributed by atoms with Crippen molar-refractivity contribution in [3.8, 4) is 0 Å². The van der Waals surface area contributed by atoms with Gasteiger partial charge in [0.1, 0.15) is 6.10 Å². The summed E-state index contributed by atoms with van der Waals surface area (Å²) in [6.45, 7) is 4.11. The average molecular weight is 237 g/mol. The van der Waals surface area contributed by atoms with Gasteiger partial charge in [-0.05, 0) is 37.5 Å². The first-order valence-corrected chi connectivity index (χ1v) is 6.79. The number of ether oxygens (including phenoxy) is 1. The molecule has 0 fully saturated rings. The molecule has 1 aromatic heterocycles. The van der Waals surface area contributed by atoms with E-state index in [0.29, 0.717) is 6.10 Å². The minimum atomic E-state index is 0.357. The van der Waals surface area contributed by atoms with Crippen LogP contribution in [0.1, 0.15) is 29.5 Å². The van der Waals surface area contributed by atoms with Crippen molar-refractivity contribution in [1.29, 1.82) is 0 Å². The van der Waals surface area contributed by atoms with Crippen molar-refractivity contribution in [2.75, 3.05) is 6.54 Å². The fraction of sp³-hybridized carbons (Fsp3) is 0.538. The predicted molar refractivity (Wildman–Crippen MR) is 68.7 cm³/mol. The molecule has 2 nitrogen and oxygen atoms in total. The van der Waals surface area contributed by atoms with Crippen LogP contribution in [0.4, 0.5) is 0 Å². The van der Waals surface area contributed by atoms with E-state index >= 15 is 0 Å².